The molecule has 7 nitrogen and oxygen atoms in total. The van der Waals surface area contributed by atoms with Gasteiger partial charge in [0.25, 0.3) is 0 Å². The first kappa shape index (κ1) is 25.4. The summed E-state index contributed by atoms with van der Waals surface area (Å²) in [6, 6.07) is 14.1. The Morgan fingerprint density at radius 1 is 1.14 bits per heavy atom. The highest BCUT2D eigenvalue weighted by molar-refractivity contribution is 7.09. The van der Waals surface area contributed by atoms with Crippen LogP contribution in [0.2, 0.25) is 0 Å². The number of hydrogen-bond acceptors (Lipinski definition) is 6. The van der Waals surface area contributed by atoms with E-state index in [1.165, 1.54) is 4.88 Å². The molecule has 0 radical (unpaired) electrons. The molecule has 2 heterocycles. The summed E-state index contributed by atoms with van der Waals surface area (Å²) in [5.74, 6) is -0.0917. The molecular weight excluding hydrogens is 458 g/mol. The number of piperidine rings is 1. The number of nitrogens with two attached hydrogens (primary N) is 1. The van der Waals surface area contributed by atoms with Crippen LogP contribution in [0.5, 0.6) is 0 Å². The Hall–Kier alpha value is -2.73. The van der Waals surface area contributed by atoms with Gasteiger partial charge in [0.2, 0.25) is 11.8 Å². The van der Waals surface area contributed by atoms with Crippen molar-refractivity contribution in [2.45, 2.75) is 82.7 Å². The van der Waals surface area contributed by atoms with Gasteiger partial charge in [-0.1, -0.05) is 18.2 Å². The zero-order valence-electron chi connectivity index (χ0n) is 20.4. The van der Waals surface area contributed by atoms with Crippen LogP contribution in [-0.2, 0) is 22.7 Å². The number of nitrogens with one attached hydrogen (secondary N) is 1. The van der Waals surface area contributed by atoms with Crippen molar-refractivity contribution in [3.05, 3.63) is 57.8 Å². The second kappa shape index (κ2) is 11.8. The minimum absolute atomic E-state index is 0.0418. The number of nitriles is 1. The van der Waals surface area contributed by atoms with Gasteiger partial charge in [0.15, 0.2) is 0 Å². The maximum atomic E-state index is 13.4. The predicted molar refractivity (Wildman–Crippen MR) is 137 cm³/mol. The molecule has 2 aromatic rings. The van der Waals surface area contributed by atoms with Crippen molar-refractivity contribution in [1.82, 2.24) is 15.1 Å². The van der Waals surface area contributed by atoms with Gasteiger partial charge in [-0.05, 0) is 67.7 Å². The van der Waals surface area contributed by atoms with Crippen molar-refractivity contribution in [3.8, 4) is 6.07 Å². The van der Waals surface area contributed by atoms with E-state index in [1.54, 1.807) is 23.2 Å². The molecule has 0 bridgehead atoms. The van der Waals surface area contributed by atoms with Gasteiger partial charge in [-0.15, -0.1) is 11.3 Å². The van der Waals surface area contributed by atoms with E-state index in [4.69, 9.17) is 11.0 Å². The molecule has 186 valence electrons. The smallest absolute Gasteiger partial charge is 0.243 e. The molecule has 35 heavy (non-hydrogen) atoms. The Balaban J connectivity index is 1.50. The molecule has 2 atom stereocenters. The SMILES string of the molecule is CC(=O)N1CCC(N(Cc2ccc(C#N)cc2)Cc2cccs2)C[C@@H]1C(=O)NC1CCC(N)CC1. The van der Waals surface area contributed by atoms with Gasteiger partial charge in [0.05, 0.1) is 11.6 Å². The van der Waals surface area contributed by atoms with Crippen molar-refractivity contribution in [1.29, 1.82) is 5.26 Å². The average Bonchev–Trinajstić information content (AvgIpc) is 3.38. The van der Waals surface area contributed by atoms with Crippen LogP contribution in [0.1, 0.15) is 61.5 Å². The molecule has 1 saturated carbocycles. The van der Waals surface area contributed by atoms with E-state index in [9.17, 15) is 9.59 Å². The average molecular weight is 494 g/mol. The number of likely N-dealkylation sites (tertiary alicyclic amines) is 1. The van der Waals surface area contributed by atoms with Crippen LogP contribution in [0.4, 0.5) is 0 Å². The maximum absolute atomic E-state index is 13.4. The molecule has 3 N–H and O–H groups in total. The second-order valence-electron chi connectivity index (χ2n) is 9.82. The van der Waals surface area contributed by atoms with Crippen LogP contribution in [0, 0.1) is 11.3 Å². The lowest BCUT2D eigenvalue weighted by Crippen LogP contribution is -2.58. The molecule has 1 saturated heterocycles. The molecule has 4 rings (SSSR count). The summed E-state index contributed by atoms with van der Waals surface area (Å²) in [7, 11) is 0. The van der Waals surface area contributed by atoms with Crippen LogP contribution >= 0.6 is 11.3 Å². The molecule has 1 aliphatic heterocycles. The van der Waals surface area contributed by atoms with Crippen LogP contribution < -0.4 is 11.1 Å². The first-order chi connectivity index (χ1) is 16.9. The first-order valence-corrected chi connectivity index (χ1v) is 13.4. The number of benzene rings is 1. The zero-order chi connectivity index (χ0) is 24.8. The van der Waals surface area contributed by atoms with Crippen LogP contribution in [0.15, 0.2) is 41.8 Å². The third-order valence-corrected chi connectivity index (χ3v) is 8.19. The number of thiophene rings is 1. The van der Waals surface area contributed by atoms with Gasteiger partial charge in [-0.3, -0.25) is 14.5 Å². The van der Waals surface area contributed by atoms with Crippen molar-refractivity contribution < 1.29 is 9.59 Å². The number of carbonyl (C=O) groups is 2. The molecule has 1 aromatic heterocycles. The molecule has 1 aliphatic carbocycles. The molecule has 2 fully saturated rings. The quantitative estimate of drug-likeness (QED) is 0.616. The summed E-state index contributed by atoms with van der Waals surface area (Å²) in [6.45, 7) is 3.64. The van der Waals surface area contributed by atoms with E-state index >= 15 is 0 Å². The predicted octanol–water partition coefficient (Wildman–Crippen LogP) is 3.39. The summed E-state index contributed by atoms with van der Waals surface area (Å²) in [5, 5.41) is 14.4. The van der Waals surface area contributed by atoms with Crippen molar-refractivity contribution >= 4 is 23.2 Å². The van der Waals surface area contributed by atoms with Gasteiger partial charge in [-0.25, -0.2) is 0 Å². The Kier molecular flexibility index (Phi) is 8.55. The monoisotopic (exact) mass is 493 g/mol. The number of nitrogens with zero attached hydrogens (tertiary/aromatic N) is 3. The van der Waals surface area contributed by atoms with Gasteiger partial charge in [0.1, 0.15) is 6.04 Å². The van der Waals surface area contributed by atoms with Gasteiger partial charge in [-0.2, -0.15) is 5.26 Å². The van der Waals surface area contributed by atoms with E-state index < -0.39 is 6.04 Å². The highest BCUT2D eigenvalue weighted by atomic mass is 32.1. The summed E-state index contributed by atoms with van der Waals surface area (Å²) < 4.78 is 0. The summed E-state index contributed by atoms with van der Waals surface area (Å²) >= 11 is 1.73. The number of carbonyl (C=O) groups excluding carboxylic acids is 2. The van der Waals surface area contributed by atoms with Crippen LogP contribution in [0.25, 0.3) is 0 Å². The van der Waals surface area contributed by atoms with E-state index in [2.05, 4.69) is 33.8 Å². The molecule has 1 aromatic carbocycles. The summed E-state index contributed by atoms with van der Waals surface area (Å²) in [4.78, 5) is 31.3. The molecular formula is C27H35N5O2S. The largest absolute Gasteiger partial charge is 0.352 e. The molecule has 1 unspecified atom stereocenters. The number of amides is 2. The zero-order valence-corrected chi connectivity index (χ0v) is 21.2. The van der Waals surface area contributed by atoms with E-state index in [0.29, 0.717) is 18.5 Å². The lowest BCUT2D eigenvalue weighted by Gasteiger charge is -2.43. The highest BCUT2D eigenvalue weighted by Crippen LogP contribution is 2.27. The highest BCUT2D eigenvalue weighted by Gasteiger charge is 2.38. The lowest BCUT2D eigenvalue weighted by molar-refractivity contribution is -0.142. The van der Waals surface area contributed by atoms with Crippen molar-refractivity contribution in [2.75, 3.05) is 6.54 Å². The van der Waals surface area contributed by atoms with Gasteiger partial charge < -0.3 is 16.0 Å². The van der Waals surface area contributed by atoms with Crippen molar-refractivity contribution in [3.63, 3.8) is 0 Å². The number of hydrogen-bond donors (Lipinski definition) is 2. The second-order valence-corrected chi connectivity index (χ2v) is 10.9. The standard InChI is InChI=1S/C27H35N5O2S/c1-19(33)32-13-12-24(15-26(32)27(34)30-23-10-8-22(29)9-11-23)31(18-25-3-2-14-35-25)17-21-6-4-20(16-28)5-7-21/h2-7,14,22-24,26H,8-13,15,17-18,29H2,1H3,(H,30,34)/t22?,23?,24?,26-/m1/s1. The Labute approximate surface area is 211 Å². The Bertz CT molecular complexity index is 1020. The third-order valence-electron chi connectivity index (χ3n) is 7.32. The fourth-order valence-corrected chi connectivity index (χ4v) is 6.03. The molecule has 2 aliphatic rings. The molecule has 0 spiro atoms. The minimum atomic E-state index is -0.464. The van der Waals surface area contributed by atoms with Gasteiger partial charge in [0, 0.05) is 49.6 Å². The van der Waals surface area contributed by atoms with E-state index in [-0.39, 0.29) is 29.9 Å². The maximum Gasteiger partial charge on any atom is 0.243 e. The fraction of sp³-hybridized carbons (Fsp3) is 0.519. The number of rotatable bonds is 7. The third kappa shape index (κ3) is 6.69. The van der Waals surface area contributed by atoms with Crippen LogP contribution in [0.3, 0.4) is 0 Å². The Morgan fingerprint density at radius 3 is 2.51 bits per heavy atom. The topological polar surface area (TPSA) is 102 Å². The van der Waals surface area contributed by atoms with E-state index in [1.807, 2.05) is 24.3 Å². The normalized spacial score (nSPS) is 24.7. The molecule has 8 heteroatoms. The minimum Gasteiger partial charge on any atom is -0.352 e. The fourth-order valence-electron chi connectivity index (χ4n) is 5.30. The van der Waals surface area contributed by atoms with E-state index in [0.717, 1.165) is 50.8 Å². The lowest BCUT2D eigenvalue weighted by atomic mass is 9.90. The van der Waals surface area contributed by atoms with Gasteiger partial charge >= 0.3 is 0 Å². The van der Waals surface area contributed by atoms with Crippen LogP contribution in [-0.4, -0.2) is 52.3 Å². The molecule has 2 amide bonds. The summed E-state index contributed by atoms with van der Waals surface area (Å²) in [5.41, 5.74) is 7.81. The Morgan fingerprint density at radius 2 is 1.89 bits per heavy atom. The van der Waals surface area contributed by atoms with Crippen molar-refractivity contribution in [2.24, 2.45) is 5.73 Å². The summed E-state index contributed by atoms with van der Waals surface area (Å²) in [6.07, 6.45) is 5.07. The first-order valence-electron chi connectivity index (χ1n) is 12.5.